The Morgan fingerprint density at radius 3 is 2.90 bits per heavy atom. The Morgan fingerprint density at radius 2 is 2.07 bits per heavy atom. The van der Waals surface area contributed by atoms with E-state index in [2.05, 4.69) is 20.8 Å². The zero-order valence-corrected chi connectivity index (χ0v) is 16.9. The van der Waals surface area contributed by atoms with Gasteiger partial charge in [0.15, 0.2) is 11.5 Å². The molecular weight excluding hydrogens is 394 g/mol. The van der Waals surface area contributed by atoms with Crippen LogP contribution in [0, 0.1) is 6.92 Å². The van der Waals surface area contributed by atoms with Gasteiger partial charge >= 0.3 is 0 Å². The Morgan fingerprint density at radius 1 is 1.24 bits per heavy atom. The Kier molecular flexibility index (Phi) is 5.26. The normalized spacial score (nSPS) is 13.2. The van der Waals surface area contributed by atoms with Gasteiger partial charge in [-0.1, -0.05) is 17.8 Å². The number of methoxy groups -OCH3 is 1. The number of amides is 1. The van der Waals surface area contributed by atoms with Crippen LogP contribution in [0.5, 0.6) is 17.2 Å². The zero-order valence-electron chi connectivity index (χ0n) is 16.1. The standard InChI is InChI=1S/C19H19N5O4S/c1-11-4-6-15(26-3)14(8-11)24-19(21-22-23-24)29-12(2)18(25)20-13-5-7-16-17(9-13)28-10-27-16/h4-9,12H,10H2,1-3H3,(H,20,25)/t12-/m0/s1. The number of fused-ring (bicyclic) bond motifs is 1. The number of carbonyl (C=O) groups is 1. The van der Waals surface area contributed by atoms with Crippen LogP contribution in [0.4, 0.5) is 5.69 Å². The van der Waals surface area contributed by atoms with Gasteiger partial charge in [-0.05, 0) is 54.1 Å². The first kappa shape index (κ1) is 19.1. The van der Waals surface area contributed by atoms with Gasteiger partial charge in [0.05, 0.1) is 12.4 Å². The number of hydrogen-bond acceptors (Lipinski definition) is 8. The molecule has 150 valence electrons. The lowest BCUT2D eigenvalue weighted by Crippen LogP contribution is -2.23. The minimum Gasteiger partial charge on any atom is -0.494 e. The molecule has 2 aromatic carbocycles. The fourth-order valence-electron chi connectivity index (χ4n) is 2.80. The molecule has 3 aromatic rings. The van der Waals surface area contributed by atoms with Crippen LogP contribution in [0.2, 0.25) is 0 Å². The fraction of sp³-hybridized carbons (Fsp3) is 0.263. The molecule has 0 bridgehead atoms. The molecule has 1 aliphatic rings. The van der Waals surface area contributed by atoms with Crippen molar-refractivity contribution in [3.8, 4) is 22.9 Å². The molecule has 9 nitrogen and oxygen atoms in total. The van der Waals surface area contributed by atoms with Crippen LogP contribution in [-0.2, 0) is 4.79 Å². The van der Waals surface area contributed by atoms with Crippen molar-refractivity contribution < 1.29 is 19.0 Å². The van der Waals surface area contributed by atoms with Crippen molar-refractivity contribution in [2.75, 3.05) is 19.2 Å². The number of nitrogens with zero attached hydrogens (tertiary/aromatic N) is 4. The molecule has 0 radical (unpaired) electrons. The van der Waals surface area contributed by atoms with E-state index in [4.69, 9.17) is 14.2 Å². The predicted molar refractivity (Wildman–Crippen MR) is 107 cm³/mol. The molecule has 1 aromatic heterocycles. The lowest BCUT2D eigenvalue weighted by atomic mass is 10.2. The Bertz CT molecular complexity index is 1050. The molecule has 0 fully saturated rings. The first-order chi connectivity index (χ1) is 14.0. The molecule has 29 heavy (non-hydrogen) atoms. The number of anilines is 1. The maximum absolute atomic E-state index is 12.7. The highest BCUT2D eigenvalue weighted by atomic mass is 32.2. The Hall–Kier alpha value is -3.27. The van der Waals surface area contributed by atoms with Crippen molar-refractivity contribution in [1.82, 2.24) is 20.2 Å². The highest BCUT2D eigenvalue weighted by Gasteiger charge is 2.22. The molecule has 0 saturated carbocycles. The smallest absolute Gasteiger partial charge is 0.237 e. The summed E-state index contributed by atoms with van der Waals surface area (Å²) in [5, 5.41) is 14.8. The van der Waals surface area contributed by atoms with Gasteiger partial charge in [0.25, 0.3) is 0 Å². The van der Waals surface area contributed by atoms with E-state index in [1.54, 1.807) is 36.9 Å². The van der Waals surface area contributed by atoms with E-state index in [1.807, 2.05) is 25.1 Å². The van der Waals surface area contributed by atoms with E-state index in [1.165, 1.54) is 11.8 Å². The second-order valence-corrected chi connectivity index (χ2v) is 7.67. The number of carbonyl (C=O) groups excluding carboxylic acids is 1. The molecule has 0 spiro atoms. The third-order valence-electron chi connectivity index (χ3n) is 4.29. The molecule has 2 heterocycles. The van der Waals surface area contributed by atoms with Crippen LogP contribution in [-0.4, -0.2) is 45.3 Å². The van der Waals surface area contributed by atoms with E-state index in [-0.39, 0.29) is 12.7 Å². The van der Waals surface area contributed by atoms with Gasteiger partial charge in [0, 0.05) is 11.8 Å². The number of thioether (sulfide) groups is 1. The monoisotopic (exact) mass is 413 g/mol. The van der Waals surface area contributed by atoms with E-state index in [0.717, 1.165) is 5.56 Å². The van der Waals surface area contributed by atoms with E-state index in [9.17, 15) is 4.79 Å². The number of ether oxygens (including phenoxy) is 3. The second kappa shape index (κ2) is 8.00. The number of aromatic nitrogens is 4. The summed E-state index contributed by atoms with van der Waals surface area (Å²) in [6.45, 7) is 3.95. The van der Waals surface area contributed by atoms with E-state index in [0.29, 0.717) is 33.8 Å². The summed E-state index contributed by atoms with van der Waals surface area (Å²) in [5.41, 5.74) is 2.39. The molecule has 4 rings (SSSR count). The Balaban J connectivity index is 1.49. The van der Waals surface area contributed by atoms with Crippen molar-refractivity contribution in [2.24, 2.45) is 0 Å². The third-order valence-corrected chi connectivity index (χ3v) is 5.33. The minimum absolute atomic E-state index is 0.181. The van der Waals surface area contributed by atoms with Crippen molar-refractivity contribution in [1.29, 1.82) is 0 Å². The maximum atomic E-state index is 12.7. The van der Waals surface area contributed by atoms with E-state index < -0.39 is 5.25 Å². The van der Waals surface area contributed by atoms with Crippen LogP contribution in [0.3, 0.4) is 0 Å². The first-order valence-corrected chi connectivity index (χ1v) is 9.73. The lowest BCUT2D eigenvalue weighted by Gasteiger charge is -2.13. The number of aryl methyl sites for hydroxylation is 1. The summed E-state index contributed by atoms with van der Waals surface area (Å²) in [6.07, 6.45) is 0. The summed E-state index contributed by atoms with van der Waals surface area (Å²) >= 11 is 1.25. The van der Waals surface area contributed by atoms with Crippen LogP contribution >= 0.6 is 11.8 Å². The van der Waals surface area contributed by atoms with Crippen molar-refractivity contribution in [3.05, 3.63) is 42.0 Å². The number of benzene rings is 2. The topological polar surface area (TPSA) is 100 Å². The van der Waals surface area contributed by atoms with Crippen molar-refractivity contribution in [3.63, 3.8) is 0 Å². The third kappa shape index (κ3) is 3.97. The fourth-order valence-corrected chi connectivity index (χ4v) is 3.60. The van der Waals surface area contributed by atoms with Crippen LogP contribution in [0.15, 0.2) is 41.6 Å². The summed E-state index contributed by atoms with van der Waals surface area (Å²) < 4.78 is 17.6. The summed E-state index contributed by atoms with van der Waals surface area (Å²) in [5.74, 6) is 1.73. The highest BCUT2D eigenvalue weighted by Crippen LogP contribution is 2.34. The number of tetrazole rings is 1. The average Bonchev–Trinajstić information content (AvgIpc) is 3.36. The molecule has 0 saturated heterocycles. The summed E-state index contributed by atoms with van der Waals surface area (Å²) in [4.78, 5) is 12.7. The van der Waals surface area contributed by atoms with Gasteiger partial charge in [-0.2, -0.15) is 4.68 Å². The zero-order chi connectivity index (χ0) is 20.4. The van der Waals surface area contributed by atoms with Gasteiger partial charge in [-0.15, -0.1) is 5.10 Å². The molecular formula is C19H19N5O4S. The molecule has 0 unspecified atom stereocenters. The number of hydrogen-bond donors (Lipinski definition) is 1. The maximum Gasteiger partial charge on any atom is 0.237 e. The van der Waals surface area contributed by atoms with Crippen molar-refractivity contribution >= 4 is 23.4 Å². The lowest BCUT2D eigenvalue weighted by molar-refractivity contribution is -0.115. The molecule has 1 N–H and O–H groups in total. The molecule has 1 atom stereocenters. The molecule has 0 aliphatic carbocycles. The Labute approximate surface area is 171 Å². The van der Waals surface area contributed by atoms with Crippen LogP contribution in [0.1, 0.15) is 12.5 Å². The van der Waals surface area contributed by atoms with Gasteiger partial charge in [-0.25, -0.2) is 0 Å². The molecule has 10 heteroatoms. The largest absolute Gasteiger partial charge is 0.494 e. The highest BCUT2D eigenvalue weighted by molar-refractivity contribution is 8.00. The molecule has 1 aliphatic heterocycles. The average molecular weight is 413 g/mol. The summed E-state index contributed by atoms with van der Waals surface area (Å²) in [6, 6.07) is 11.0. The van der Waals surface area contributed by atoms with Gasteiger partial charge in [0.1, 0.15) is 11.4 Å². The van der Waals surface area contributed by atoms with E-state index >= 15 is 0 Å². The first-order valence-electron chi connectivity index (χ1n) is 8.85. The second-order valence-electron chi connectivity index (χ2n) is 6.37. The summed E-state index contributed by atoms with van der Waals surface area (Å²) in [7, 11) is 1.59. The minimum atomic E-state index is -0.444. The quantitative estimate of drug-likeness (QED) is 0.616. The van der Waals surface area contributed by atoms with Gasteiger partial charge in [0.2, 0.25) is 17.9 Å². The SMILES string of the molecule is COc1ccc(C)cc1-n1nnnc1S[C@@H](C)C(=O)Nc1ccc2c(c1)OCO2. The predicted octanol–water partition coefficient (Wildman–Crippen LogP) is 2.83. The molecule has 1 amide bonds. The van der Waals surface area contributed by atoms with Crippen LogP contribution in [0.25, 0.3) is 5.69 Å². The number of nitrogens with one attached hydrogen (secondary N) is 1. The van der Waals surface area contributed by atoms with Gasteiger partial charge < -0.3 is 19.5 Å². The van der Waals surface area contributed by atoms with Crippen molar-refractivity contribution in [2.45, 2.75) is 24.3 Å². The van der Waals surface area contributed by atoms with Gasteiger partial charge in [-0.3, -0.25) is 4.79 Å². The number of rotatable bonds is 6. The van der Waals surface area contributed by atoms with Crippen LogP contribution < -0.4 is 19.5 Å².